The van der Waals surface area contributed by atoms with Crippen molar-refractivity contribution in [3.63, 3.8) is 0 Å². The molecule has 0 spiro atoms. The Hall–Kier alpha value is -2.80. The highest BCUT2D eigenvalue weighted by Crippen LogP contribution is 2.31. The molecule has 3 heterocycles. The molecule has 1 aromatic heterocycles. The first-order valence-corrected chi connectivity index (χ1v) is 9.16. The van der Waals surface area contributed by atoms with Gasteiger partial charge in [-0.1, -0.05) is 0 Å². The van der Waals surface area contributed by atoms with Crippen LogP contribution in [-0.2, 0) is 4.79 Å². The number of piperidine rings is 1. The van der Waals surface area contributed by atoms with Gasteiger partial charge in [-0.15, -0.1) is 0 Å². The summed E-state index contributed by atoms with van der Waals surface area (Å²) in [5, 5.41) is 18.0. The van der Waals surface area contributed by atoms with Crippen LogP contribution in [0.4, 0.5) is 14.5 Å². The quantitative estimate of drug-likeness (QED) is 0.682. The van der Waals surface area contributed by atoms with E-state index in [0.717, 1.165) is 30.8 Å². The number of hydrogen-bond donors (Lipinski definition) is 3. The van der Waals surface area contributed by atoms with E-state index in [0.29, 0.717) is 11.3 Å². The number of likely N-dealkylation sites (tertiary alicyclic amines) is 1. The van der Waals surface area contributed by atoms with Gasteiger partial charge >= 0.3 is 0 Å². The molecule has 0 aromatic carbocycles. The lowest BCUT2D eigenvalue weighted by molar-refractivity contribution is -0.131. The molecule has 3 N–H and O–H groups in total. The first kappa shape index (κ1) is 19.9. The van der Waals surface area contributed by atoms with E-state index in [2.05, 4.69) is 20.9 Å². The first-order chi connectivity index (χ1) is 13.4. The molecule has 150 valence electrons. The highest BCUT2D eigenvalue weighted by molar-refractivity contribution is 6.01. The second kappa shape index (κ2) is 8.48. The topological polar surface area (TPSA) is 110 Å². The van der Waals surface area contributed by atoms with Crippen molar-refractivity contribution in [2.24, 2.45) is 0 Å². The summed E-state index contributed by atoms with van der Waals surface area (Å²) in [6.45, 7) is 0.503. The predicted molar refractivity (Wildman–Crippen MR) is 96.8 cm³/mol. The summed E-state index contributed by atoms with van der Waals surface area (Å²) < 4.78 is 27.0. The number of carbonyl (C=O) groups excluding carboxylic acids is 2. The van der Waals surface area contributed by atoms with E-state index in [4.69, 9.17) is 5.26 Å². The van der Waals surface area contributed by atoms with Crippen molar-refractivity contribution in [2.75, 3.05) is 31.5 Å². The van der Waals surface area contributed by atoms with E-state index >= 15 is 0 Å². The van der Waals surface area contributed by atoms with Crippen molar-refractivity contribution in [1.29, 1.82) is 5.26 Å². The molecule has 2 fully saturated rings. The number of halogens is 2. The maximum absolute atomic E-state index is 13.5. The zero-order chi connectivity index (χ0) is 20.1. The third kappa shape index (κ3) is 4.72. The van der Waals surface area contributed by atoms with Gasteiger partial charge in [0, 0.05) is 18.7 Å². The van der Waals surface area contributed by atoms with Gasteiger partial charge in [-0.3, -0.25) is 14.6 Å². The second-order valence-corrected chi connectivity index (χ2v) is 7.00. The number of anilines is 1. The fraction of sp³-hybridized carbons (Fsp3) is 0.556. The Labute approximate surface area is 161 Å². The minimum absolute atomic E-state index is 0.210. The molecule has 0 bridgehead atoms. The van der Waals surface area contributed by atoms with Crippen molar-refractivity contribution in [1.82, 2.24) is 20.5 Å². The van der Waals surface area contributed by atoms with Crippen LogP contribution in [0.3, 0.4) is 0 Å². The van der Waals surface area contributed by atoms with Crippen molar-refractivity contribution in [3.05, 3.63) is 24.0 Å². The van der Waals surface area contributed by atoms with Crippen LogP contribution in [0.25, 0.3) is 0 Å². The van der Waals surface area contributed by atoms with Crippen LogP contribution in [-0.4, -0.2) is 65.9 Å². The maximum Gasteiger partial charge on any atom is 0.268 e. The van der Waals surface area contributed by atoms with Crippen LogP contribution < -0.4 is 16.0 Å². The van der Waals surface area contributed by atoms with Gasteiger partial charge in [-0.05, 0) is 32.0 Å². The lowest BCUT2D eigenvalue weighted by atomic mass is 10.1. The molecule has 0 aliphatic carbocycles. The van der Waals surface area contributed by atoms with Gasteiger partial charge in [0.05, 0.1) is 36.6 Å². The molecular weight excluding hydrogens is 370 g/mol. The molecule has 0 radical (unpaired) electrons. The van der Waals surface area contributed by atoms with Crippen molar-refractivity contribution < 1.29 is 18.4 Å². The summed E-state index contributed by atoms with van der Waals surface area (Å²) >= 11 is 0. The number of hydrogen-bond acceptors (Lipinski definition) is 6. The number of amides is 2. The van der Waals surface area contributed by atoms with E-state index in [1.165, 1.54) is 12.3 Å². The van der Waals surface area contributed by atoms with Crippen LogP contribution in [0.15, 0.2) is 18.5 Å². The molecule has 2 aliphatic heterocycles. The summed E-state index contributed by atoms with van der Waals surface area (Å²) in [6, 6.07) is 2.27. The fourth-order valence-electron chi connectivity index (χ4n) is 3.44. The molecule has 0 saturated carbocycles. The Balaban J connectivity index is 1.60. The predicted octanol–water partition coefficient (Wildman–Crippen LogP) is 0.735. The third-order valence-electron chi connectivity index (χ3n) is 4.90. The molecule has 10 heteroatoms. The number of nitriles is 1. The van der Waals surface area contributed by atoms with Gasteiger partial charge in [0.15, 0.2) is 0 Å². The van der Waals surface area contributed by atoms with E-state index in [9.17, 15) is 18.4 Å². The van der Waals surface area contributed by atoms with Crippen molar-refractivity contribution in [2.45, 2.75) is 37.3 Å². The summed E-state index contributed by atoms with van der Waals surface area (Å²) in [6.07, 6.45) is 4.15. The number of rotatable bonds is 5. The summed E-state index contributed by atoms with van der Waals surface area (Å²) in [7, 11) is 0. The third-order valence-corrected chi connectivity index (χ3v) is 4.90. The van der Waals surface area contributed by atoms with Gasteiger partial charge in [0.25, 0.3) is 11.8 Å². The minimum Gasteiger partial charge on any atom is -0.380 e. The summed E-state index contributed by atoms with van der Waals surface area (Å²) in [4.78, 5) is 29.6. The minimum atomic E-state index is -3.09. The van der Waals surface area contributed by atoms with E-state index in [-0.39, 0.29) is 6.04 Å². The fourth-order valence-corrected chi connectivity index (χ4v) is 3.44. The average Bonchev–Trinajstić information content (AvgIpc) is 3.02. The van der Waals surface area contributed by atoms with E-state index < -0.39 is 43.3 Å². The standard InChI is InChI=1S/C18H22F2N6O2/c19-18(20)7-13(8-21)26(11-18)16(27)10-24-17(28)14-3-6-23-9-15(14)25-12-1-4-22-5-2-12/h3,6,9,12-13,22,25H,1-2,4-5,7,10-11H2,(H,24,28)/t13-/m0/s1. The van der Waals surface area contributed by atoms with Gasteiger partial charge < -0.3 is 20.9 Å². The Morgan fingerprint density at radius 2 is 2.14 bits per heavy atom. The van der Waals surface area contributed by atoms with Gasteiger partial charge in [-0.2, -0.15) is 5.26 Å². The highest BCUT2D eigenvalue weighted by atomic mass is 19.3. The number of alkyl halides is 2. The molecule has 1 atom stereocenters. The van der Waals surface area contributed by atoms with Crippen LogP contribution in [0.2, 0.25) is 0 Å². The zero-order valence-corrected chi connectivity index (χ0v) is 15.3. The zero-order valence-electron chi connectivity index (χ0n) is 15.3. The molecule has 2 amide bonds. The van der Waals surface area contributed by atoms with Gasteiger partial charge in [0.1, 0.15) is 6.04 Å². The average molecular weight is 392 g/mol. The number of carbonyl (C=O) groups is 2. The maximum atomic E-state index is 13.5. The molecular formula is C18H22F2N6O2. The molecule has 1 aromatic rings. The number of nitrogens with one attached hydrogen (secondary N) is 3. The highest BCUT2D eigenvalue weighted by Gasteiger charge is 2.47. The molecule has 2 saturated heterocycles. The number of pyridine rings is 1. The van der Waals surface area contributed by atoms with Crippen molar-refractivity contribution in [3.8, 4) is 6.07 Å². The Bertz CT molecular complexity index is 776. The lowest BCUT2D eigenvalue weighted by Crippen LogP contribution is -2.43. The Morgan fingerprint density at radius 3 is 2.86 bits per heavy atom. The number of nitrogens with zero attached hydrogens (tertiary/aromatic N) is 3. The first-order valence-electron chi connectivity index (χ1n) is 9.16. The van der Waals surface area contributed by atoms with Crippen LogP contribution in [0, 0.1) is 11.3 Å². The summed E-state index contributed by atoms with van der Waals surface area (Å²) in [5.74, 6) is -4.30. The molecule has 28 heavy (non-hydrogen) atoms. The molecule has 3 rings (SSSR count). The normalized spacial score (nSPS) is 21.8. The van der Waals surface area contributed by atoms with Crippen LogP contribution >= 0.6 is 0 Å². The Morgan fingerprint density at radius 1 is 1.39 bits per heavy atom. The largest absolute Gasteiger partial charge is 0.380 e. The van der Waals surface area contributed by atoms with Gasteiger partial charge in [0.2, 0.25) is 5.91 Å². The molecule has 0 unspecified atom stereocenters. The molecule has 8 nitrogen and oxygen atoms in total. The molecule has 2 aliphatic rings. The number of aromatic nitrogens is 1. The van der Waals surface area contributed by atoms with Gasteiger partial charge in [-0.25, -0.2) is 8.78 Å². The van der Waals surface area contributed by atoms with Crippen molar-refractivity contribution >= 4 is 17.5 Å². The summed E-state index contributed by atoms with van der Waals surface area (Å²) in [5.41, 5.74) is 0.881. The lowest BCUT2D eigenvalue weighted by Gasteiger charge is -2.25. The van der Waals surface area contributed by atoms with E-state index in [1.54, 1.807) is 12.3 Å². The van der Waals surface area contributed by atoms with E-state index in [1.807, 2.05) is 0 Å². The smallest absolute Gasteiger partial charge is 0.268 e. The monoisotopic (exact) mass is 392 g/mol. The van der Waals surface area contributed by atoms with Crippen LogP contribution in [0.1, 0.15) is 29.6 Å². The SMILES string of the molecule is N#C[C@@H]1CC(F)(F)CN1C(=O)CNC(=O)c1ccncc1NC1CCNCC1. The Kier molecular flexibility index (Phi) is 6.04. The second-order valence-electron chi connectivity index (χ2n) is 7.00. The van der Waals surface area contributed by atoms with Crippen LogP contribution in [0.5, 0.6) is 0 Å².